The van der Waals surface area contributed by atoms with Crippen LogP contribution in [0.2, 0.25) is 0 Å². The summed E-state index contributed by atoms with van der Waals surface area (Å²) in [5.74, 6) is 0.686. The number of fused-ring (bicyclic) bond motifs is 1. The van der Waals surface area contributed by atoms with Crippen molar-refractivity contribution in [1.82, 2.24) is 19.7 Å². The Morgan fingerprint density at radius 2 is 2.00 bits per heavy atom. The van der Waals surface area contributed by atoms with Gasteiger partial charge < -0.3 is 20.3 Å². The molecule has 4 rings (SSSR count). The lowest BCUT2D eigenvalue weighted by molar-refractivity contribution is -0.0377. The summed E-state index contributed by atoms with van der Waals surface area (Å²) >= 11 is 0. The van der Waals surface area contributed by atoms with Gasteiger partial charge in [-0.05, 0) is 18.4 Å². The van der Waals surface area contributed by atoms with Gasteiger partial charge in [0.25, 0.3) is 0 Å². The molecule has 1 saturated carbocycles. The fourth-order valence-corrected chi connectivity index (χ4v) is 3.12. The summed E-state index contributed by atoms with van der Waals surface area (Å²) in [7, 11) is 0. The Hall–Kier alpha value is -2.71. The van der Waals surface area contributed by atoms with Gasteiger partial charge in [-0.15, -0.1) is 5.10 Å². The number of hydrogen-bond acceptors (Lipinski definition) is 7. The summed E-state index contributed by atoms with van der Waals surface area (Å²) in [4.78, 5) is 8.33. The number of nitrogens with zero attached hydrogens (tertiary/aromatic N) is 4. The molecule has 1 aliphatic carbocycles. The van der Waals surface area contributed by atoms with Crippen LogP contribution >= 0.6 is 0 Å². The van der Waals surface area contributed by atoms with Gasteiger partial charge in [-0.2, -0.15) is 0 Å². The van der Waals surface area contributed by atoms with Crippen LogP contribution in [0.4, 0.5) is 5.82 Å². The van der Waals surface area contributed by atoms with Crippen molar-refractivity contribution in [2.75, 3.05) is 18.9 Å². The van der Waals surface area contributed by atoms with Gasteiger partial charge in [-0.25, -0.2) is 14.6 Å². The van der Waals surface area contributed by atoms with Crippen LogP contribution in [-0.2, 0) is 11.3 Å². The highest BCUT2D eigenvalue weighted by molar-refractivity contribution is 5.90. The van der Waals surface area contributed by atoms with Crippen LogP contribution in [-0.4, -0.2) is 44.2 Å². The number of aliphatic hydroxyl groups excluding tert-OH is 1. The van der Waals surface area contributed by atoms with Gasteiger partial charge in [0.1, 0.15) is 24.1 Å². The van der Waals surface area contributed by atoms with Crippen molar-refractivity contribution in [3.05, 3.63) is 42.2 Å². The molecule has 26 heavy (non-hydrogen) atoms. The van der Waals surface area contributed by atoms with Gasteiger partial charge in [-0.1, -0.05) is 30.3 Å². The third-order valence-electron chi connectivity index (χ3n) is 4.56. The molecule has 0 radical (unpaired) electrons. The lowest BCUT2D eigenvalue weighted by Crippen LogP contribution is -2.34. The van der Waals surface area contributed by atoms with Crippen molar-refractivity contribution in [2.24, 2.45) is 0 Å². The second-order valence-electron chi connectivity index (χ2n) is 6.32. The average Bonchev–Trinajstić information content (AvgIpc) is 2.99. The molecule has 0 spiro atoms. The predicted molar refractivity (Wildman–Crippen MR) is 95.6 cm³/mol. The first-order valence-electron chi connectivity index (χ1n) is 8.64. The molecule has 1 fully saturated rings. The first-order valence-corrected chi connectivity index (χ1v) is 8.64. The first-order chi connectivity index (χ1) is 12.8. The lowest BCUT2D eigenvalue weighted by atomic mass is 9.89. The maximum absolute atomic E-state index is 8.99. The van der Waals surface area contributed by atoms with Crippen LogP contribution in [0.1, 0.15) is 24.4 Å². The molecular weight excluding hydrogens is 334 g/mol. The highest BCUT2D eigenvalue weighted by Crippen LogP contribution is 2.39. The molecule has 3 aromatic rings. The van der Waals surface area contributed by atoms with Gasteiger partial charge in [0.2, 0.25) is 5.88 Å². The first kappa shape index (κ1) is 16.7. The Balaban J connectivity index is 1.45. The second-order valence-corrected chi connectivity index (χ2v) is 6.32. The monoisotopic (exact) mass is 355 g/mol. The van der Waals surface area contributed by atoms with E-state index in [9.17, 15) is 0 Å². The van der Waals surface area contributed by atoms with E-state index in [0.29, 0.717) is 29.3 Å². The van der Waals surface area contributed by atoms with Crippen LogP contribution < -0.4 is 10.5 Å². The SMILES string of the molecule is Nc1ncnc2c1c(OCCO)nn2[C@H]1C[C@H](OCc2ccccc2)C1. The van der Waals surface area contributed by atoms with E-state index >= 15 is 0 Å². The van der Waals surface area contributed by atoms with Crippen LogP contribution in [0.25, 0.3) is 11.0 Å². The number of anilines is 1. The minimum atomic E-state index is -0.0965. The molecule has 0 amide bonds. The van der Waals surface area contributed by atoms with Crippen LogP contribution in [0, 0.1) is 0 Å². The standard InChI is InChI=1S/C18H21N5O3/c19-16-15-17(21-11-20-16)23(22-18(15)25-7-6-24)13-8-14(9-13)26-10-12-4-2-1-3-5-12/h1-5,11,13-14,24H,6-10H2,(H2,19,20,21)/t13-,14-. The number of rotatable bonds is 7. The minimum Gasteiger partial charge on any atom is -0.474 e. The second kappa shape index (κ2) is 7.27. The number of hydrogen-bond donors (Lipinski definition) is 2. The van der Waals surface area contributed by atoms with E-state index in [1.165, 1.54) is 11.9 Å². The largest absolute Gasteiger partial charge is 0.474 e. The molecule has 2 heterocycles. The number of aliphatic hydroxyl groups is 1. The third-order valence-corrected chi connectivity index (χ3v) is 4.56. The number of benzene rings is 1. The van der Waals surface area contributed by atoms with Crippen molar-refractivity contribution < 1.29 is 14.6 Å². The molecule has 3 N–H and O–H groups in total. The van der Waals surface area contributed by atoms with E-state index in [0.717, 1.165) is 12.8 Å². The highest BCUT2D eigenvalue weighted by Gasteiger charge is 2.34. The predicted octanol–water partition coefficient (Wildman–Crippen LogP) is 1.70. The molecular formula is C18H21N5O3. The molecule has 8 nitrogen and oxygen atoms in total. The number of nitrogen functional groups attached to an aromatic ring is 1. The molecule has 0 atom stereocenters. The van der Waals surface area contributed by atoms with Crippen LogP contribution in [0.15, 0.2) is 36.7 Å². The number of aromatic nitrogens is 4. The molecule has 1 aromatic carbocycles. The molecule has 8 heteroatoms. The lowest BCUT2D eigenvalue weighted by Gasteiger charge is -2.35. The van der Waals surface area contributed by atoms with Crippen molar-refractivity contribution in [2.45, 2.75) is 31.6 Å². The zero-order valence-electron chi connectivity index (χ0n) is 14.3. The van der Waals surface area contributed by atoms with Crippen LogP contribution in [0.5, 0.6) is 5.88 Å². The zero-order valence-corrected chi connectivity index (χ0v) is 14.3. The summed E-state index contributed by atoms with van der Waals surface area (Å²) in [6, 6.07) is 10.3. The summed E-state index contributed by atoms with van der Waals surface area (Å²) in [5.41, 5.74) is 7.79. The van der Waals surface area contributed by atoms with Crippen molar-refractivity contribution in [3.63, 3.8) is 0 Å². The maximum Gasteiger partial charge on any atom is 0.246 e. The van der Waals surface area contributed by atoms with E-state index in [1.807, 2.05) is 22.9 Å². The topological polar surface area (TPSA) is 108 Å². The maximum atomic E-state index is 8.99. The summed E-state index contributed by atoms with van der Waals surface area (Å²) in [5, 5.41) is 14.1. The van der Waals surface area contributed by atoms with Crippen molar-refractivity contribution in [3.8, 4) is 5.88 Å². The normalized spacial score (nSPS) is 19.4. The van der Waals surface area contributed by atoms with Gasteiger partial charge in [-0.3, -0.25) is 0 Å². The summed E-state index contributed by atoms with van der Waals surface area (Å²) in [6.45, 7) is 0.659. The molecule has 136 valence electrons. The van der Waals surface area contributed by atoms with Gasteiger partial charge in [0.05, 0.1) is 25.4 Å². The minimum absolute atomic E-state index is 0.0965. The van der Waals surface area contributed by atoms with Gasteiger partial charge in [0, 0.05) is 0 Å². The highest BCUT2D eigenvalue weighted by atomic mass is 16.5. The van der Waals surface area contributed by atoms with Crippen LogP contribution in [0.3, 0.4) is 0 Å². The van der Waals surface area contributed by atoms with Crippen molar-refractivity contribution >= 4 is 16.9 Å². The molecule has 0 unspecified atom stereocenters. The fraction of sp³-hybridized carbons (Fsp3) is 0.389. The smallest absolute Gasteiger partial charge is 0.246 e. The number of ether oxygens (including phenoxy) is 2. The quantitative estimate of drug-likeness (QED) is 0.664. The Bertz CT molecular complexity index is 877. The van der Waals surface area contributed by atoms with E-state index in [2.05, 4.69) is 27.2 Å². The zero-order chi connectivity index (χ0) is 17.9. The number of nitrogens with two attached hydrogens (primary N) is 1. The van der Waals surface area contributed by atoms with E-state index in [4.69, 9.17) is 20.3 Å². The fourth-order valence-electron chi connectivity index (χ4n) is 3.12. The van der Waals surface area contributed by atoms with E-state index < -0.39 is 0 Å². The van der Waals surface area contributed by atoms with Gasteiger partial charge in [0.15, 0.2) is 5.65 Å². The Morgan fingerprint density at radius 3 is 2.77 bits per heavy atom. The molecule has 1 aliphatic rings. The van der Waals surface area contributed by atoms with Crippen molar-refractivity contribution in [1.29, 1.82) is 0 Å². The summed E-state index contributed by atoms with van der Waals surface area (Å²) < 4.78 is 13.3. The van der Waals surface area contributed by atoms with Gasteiger partial charge >= 0.3 is 0 Å². The molecule has 2 aromatic heterocycles. The van der Waals surface area contributed by atoms with E-state index in [-0.39, 0.29) is 25.4 Å². The Kier molecular flexibility index (Phi) is 4.68. The Labute approximate surface area is 150 Å². The Morgan fingerprint density at radius 1 is 1.19 bits per heavy atom. The third kappa shape index (κ3) is 3.21. The van der Waals surface area contributed by atoms with E-state index in [1.54, 1.807) is 0 Å². The summed E-state index contributed by atoms with van der Waals surface area (Å²) in [6.07, 6.45) is 3.33. The molecule has 0 aliphatic heterocycles. The molecule has 0 bridgehead atoms. The average molecular weight is 355 g/mol. The molecule has 0 saturated heterocycles.